The fraction of sp³-hybridized carbons (Fsp3) is 0.444. The maximum atomic E-state index is 12.5. The monoisotopic (exact) mass is 381 g/mol. The number of ether oxygens (including phenoxy) is 1. The molecule has 0 saturated carbocycles. The third kappa shape index (κ3) is 3.93. The Balaban J connectivity index is 1.64. The highest BCUT2D eigenvalue weighted by molar-refractivity contribution is 6.35. The standard InChI is InChI=1S/C18H21Cl2N3O2/c1-18(2,3)23-15-6-7-22(10-12(15)9-21-23)17(24)11-25-16-5-4-13(19)8-14(16)20/h4-5,8-9H,6-7,10-11H2,1-3H3. The summed E-state index contributed by atoms with van der Waals surface area (Å²) in [4.78, 5) is 14.3. The fourth-order valence-corrected chi connectivity index (χ4v) is 3.41. The Labute approximate surface area is 157 Å². The summed E-state index contributed by atoms with van der Waals surface area (Å²) < 4.78 is 7.60. The Morgan fingerprint density at radius 2 is 2.08 bits per heavy atom. The van der Waals surface area contributed by atoms with Crippen LogP contribution in [-0.4, -0.2) is 33.7 Å². The van der Waals surface area contributed by atoms with Crippen molar-refractivity contribution < 1.29 is 9.53 Å². The van der Waals surface area contributed by atoms with Crippen LogP contribution in [0.4, 0.5) is 0 Å². The number of hydrogen-bond acceptors (Lipinski definition) is 3. The van der Waals surface area contributed by atoms with Crippen LogP contribution >= 0.6 is 23.2 Å². The zero-order chi connectivity index (χ0) is 18.2. The molecular formula is C18H21Cl2N3O2. The van der Waals surface area contributed by atoms with Gasteiger partial charge in [0, 0.05) is 35.8 Å². The molecule has 0 atom stereocenters. The second-order valence-electron chi connectivity index (χ2n) is 7.13. The Kier molecular flexibility index (Phi) is 4.98. The van der Waals surface area contributed by atoms with Crippen molar-refractivity contribution in [2.24, 2.45) is 0 Å². The lowest BCUT2D eigenvalue weighted by atomic mass is 10.0. The van der Waals surface area contributed by atoms with E-state index < -0.39 is 0 Å². The van der Waals surface area contributed by atoms with Gasteiger partial charge in [0.2, 0.25) is 0 Å². The van der Waals surface area contributed by atoms with Crippen molar-refractivity contribution in [3.63, 3.8) is 0 Å². The normalized spacial score (nSPS) is 14.4. The molecule has 0 fully saturated rings. The molecule has 0 unspecified atom stereocenters. The molecule has 0 spiro atoms. The summed E-state index contributed by atoms with van der Waals surface area (Å²) in [5.74, 6) is 0.387. The molecule has 1 aromatic heterocycles. The second kappa shape index (κ2) is 6.89. The van der Waals surface area contributed by atoms with E-state index in [-0.39, 0.29) is 18.1 Å². The molecule has 25 heavy (non-hydrogen) atoms. The van der Waals surface area contributed by atoms with Crippen molar-refractivity contribution in [1.82, 2.24) is 14.7 Å². The molecule has 5 nitrogen and oxygen atoms in total. The number of nitrogens with zero attached hydrogens (tertiary/aromatic N) is 3. The van der Waals surface area contributed by atoms with Crippen LogP contribution in [0.3, 0.4) is 0 Å². The summed E-state index contributed by atoms with van der Waals surface area (Å²) >= 11 is 11.9. The number of fused-ring (bicyclic) bond motifs is 1. The summed E-state index contributed by atoms with van der Waals surface area (Å²) in [7, 11) is 0. The molecule has 2 aromatic rings. The third-order valence-electron chi connectivity index (χ3n) is 4.17. The smallest absolute Gasteiger partial charge is 0.260 e. The molecule has 0 saturated heterocycles. The molecule has 0 N–H and O–H groups in total. The van der Waals surface area contributed by atoms with E-state index in [1.54, 1.807) is 23.1 Å². The van der Waals surface area contributed by atoms with Gasteiger partial charge in [0.15, 0.2) is 6.61 Å². The first-order chi connectivity index (χ1) is 11.8. The van der Waals surface area contributed by atoms with Crippen LogP contribution in [0.15, 0.2) is 24.4 Å². The first-order valence-electron chi connectivity index (χ1n) is 8.17. The van der Waals surface area contributed by atoms with Gasteiger partial charge in [0.05, 0.1) is 16.8 Å². The largest absolute Gasteiger partial charge is 0.482 e. The average Bonchev–Trinajstić information content (AvgIpc) is 2.97. The first-order valence-corrected chi connectivity index (χ1v) is 8.93. The number of rotatable bonds is 3. The molecule has 7 heteroatoms. The first kappa shape index (κ1) is 18.1. The molecule has 2 heterocycles. The number of aromatic nitrogens is 2. The fourth-order valence-electron chi connectivity index (χ4n) is 2.95. The molecule has 0 aliphatic carbocycles. The number of amides is 1. The van der Waals surface area contributed by atoms with Gasteiger partial charge < -0.3 is 9.64 Å². The number of benzene rings is 1. The van der Waals surface area contributed by atoms with Crippen molar-refractivity contribution in [2.45, 2.75) is 39.3 Å². The molecule has 0 bridgehead atoms. The van der Waals surface area contributed by atoms with E-state index in [0.717, 1.165) is 12.0 Å². The van der Waals surface area contributed by atoms with E-state index >= 15 is 0 Å². The van der Waals surface area contributed by atoms with Crippen LogP contribution in [0.5, 0.6) is 5.75 Å². The van der Waals surface area contributed by atoms with Crippen LogP contribution in [0, 0.1) is 0 Å². The Morgan fingerprint density at radius 3 is 2.76 bits per heavy atom. The van der Waals surface area contributed by atoms with Crippen molar-refractivity contribution in [3.05, 3.63) is 45.7 Å². The average molecular weight is 382 g/mol. The quantitative estimate of drug-likeness (QED) is 0.809. The van der Waals surface area contributed by atoms with Gasteiger partial charge in [-0.15, -0.1) is 0 Å². The molecule has 1 aliphatic rings. The molecule has 3 rings (SSSR count). The zero-order valence-electron chi connectivity index (χ0n) is 14.6. The van der Waals surface area contributed by atoms with E-state index in [9.17, 15) is 4.79 Å². The lowest BCUT2D eigenvalue weighted by Crippen LogP contribution is -2.40. The van der Waals surface area contributed by atoms with Crippen molar-refractivity contribution in [2.75, 3.05) is 13.2 Å². The van der Waals surface area contributed by atoms with Gasteiger partial charge in [-0.3, -0.25) is 9.48 Å². The summed E-state index contributed by atoms with van der Waals surface area (Å²) in [6.07, 6.45) is 2.65. The van der Waals surface area contributed by atoms with Crippen LogP contribution in [-0.2, 0) is 23.3 Å². The summed E-state index contributed by atoms with van der Waals surface area (Å²) in [6, 6.07) is 4.94. The molecule has 1 aliphatic heterocycles. The highest BCUT2D eigenvalue weighted by Crippen LogP contribution is 2.28. The minimum absolute atomic E-state index is 0.0515. The molecular weight excluding hydrogens is 361 g/mol. The van der Waals surface area contributed by atoms with E-state index in [1.807, 2.05) is 10.9 Å². The summed E-state index contributed by atoms with van der Waals surface area (Å²) in [5, 5.41) is 5.42. The van der Waals surface area contributed by atoms with Crippen LogP contribution in [0.1, 0.15) is 32.0 Å². The maximum absolute atomic E-state index is 12.5. The highest BCUT2D eigenvalue weighted by atomic mass is 35.5. The van der Waals surface area contributed by atoms with E-state index in [1.165, 1.54) is 5.69 Å². The van der Waals surface area contributed by atoms with Gasteiger partial charge in [0.25, 0.3) is 5.91 Å². The predicted octanol–water partition coefficient (Wildman–Crippen LogP) is 3.91. The number of hydrogen-bond donors (Lipinski definition) is 0. The molecule has 134 valence electrons. The van der Waals surface area contributed by atoms with Crippen molar-refractivity contribution in [3.8, 4) is 5.75 Å². The number of halogens is 2. The lowest BCUT2D eigenvalue weighted by molar-refractivity contribution is -0.134. The van der Waals surface area contributed by atoms with Gasteiger partial charge in [-0.25, -0.2) is 0 Å². The topological polar surface area (TPSA) is 47.4 Å². The minimum atomic E-state index is -0.0693. The number of carbonyl (C=O) groups excluding carboxylic acids is 1. The molecule has 1 amide bonds. The minimum Gasteiger partial charge on any atom is -0.482 e. The van der Waals surface area contributed by atoms with Gasteiger partial charge >= 0.3 is 0 Å². The van der Waals surface area contributed by atoms with Crippen LogP contribution < -0.4 is 4.74 Å². The maximum Gasteiger partial charge on any atom is 0.260 e. The Bertz CT molecular complexity index is 796. The van der Waals surface area contributed by atoms with Crippen LogP contribution in [0.25, 0.3) is 0 Å². The molecule has 1 aromatic carbocycles. The van der Waals surface area contributed by atoms with Gasteiger partial charge in [-0.1, -0.05) is 23.2 Å². The lowest BCUT2D eigenvalue weighted by Gasteiger charge is -2.30. The van der Waals surface area contributed by atoms with E-state index in [2.05, 4.69) is 25.9 Å². The summed E-state index contributed by atoms with van der Waals surface area (Å²) in [5.41, 5.74) is 2.24. The van der Waals surface area contributed by atoms with E-state index in [0.29, 0.717) is 28.9 Å². The molecule has 0 radical (unpaired) electrons. The van der Waals surface area contributed by atoms with Crippen molar-refractivity contribution in [1.29, 1.82) is 0 Å². The van der Waals surface area contributed by atoms with Gasteiger partial charge in [0.1, 0.15) is 5.75 Å². The summed E-state index contributed by atoms with van der Waals surface area (Å²) in [6.45, 7) is 7.54. The Morgan fingerprint density at radius 1 is 1.32 bits per heavy atom. The zero-order valence-corrected chi connectivity index (χ0v) is 16.1. The van der Waals surface area contributed by atoms with Crippen molar-refractivity contribution >= 4 is 29.1 Å². The second-order valence-corrected chi connectivity index (χ2v) is 7.97. The third-order valence-corrected chi connectivity index (χ3v) is 4.70. The van der Waals surface area contributed by atoms with Crippen LogP contribution in [0.2, 0.25) is 10.0 Å². The van der Waals surface area contributed by atoms with Gasteiger partial charge in [-0.2, -0.15) is 5.10 Å². The van der Waals surface area contributed by atoms with E-state index in [4.69, 9.17) is 27.9 Å². The number of carbonyl (C=O) groups is 1. The highest BCUT2D eigenvalue weighted by Gasteiger charge is 2.27. The predicted molar refractivity (Wildman–Crippen MR) is 98.3 cm³/mol. The Hall–Kier alpha value is -1.72. The SMILES string of the molecule is CC(C)(C)n1ncc2c1CCN(C(=O)COc1ccc(Cl)cc1Cl)C2. The van der Waals surface area contributed by atoms with Gasteiger partial charge in [-0.05, 0) is 39.0 Å².